The summed E-state index contributed by atoms with van der Waals surface area (Å²) in [5, 5.41) is 11.2. The largest absolute Gasteiger partial charge is 0.481 e. The maximum Gasteiger partial charge on any atom is 0.303 e. The number of amides is 1. The molecule has 0 atom stereocenters. The third-order valence-corrected chi connectivity index (χ3v) is 3.26. The van der Waals surface area contributed by atoms with Crippen molar-refractivity contribution in [2.75, 3.05) is 6.54 Å². The number of ketones is 1. The molecule has 0 aliphatic rings. The van der Waals surface area contributed by atoms with Gasteiger partial charge in [0.05, 0.1) is 0 Å². The topological polar surface area (TPSA) is 83.5 Å². The van der Waals surface area contributed by atoms with Crippen LogP contribution < -0.4 is 5.32 Å². The van der Waals surface area contributed by atoms with E-state index >= 15 is 0 Å². The van der Waals surface area contributed by atoms with Crippen LogP contribution in [0.15, 0.2) is 30.3 Å². The van der Waals surface area contributed by atoms with Crippen molar-refractivity contribution in [2.45, 2.75) is 39.5 Å². The zero-order chi connectivity index (χ0) is 16.6. The van der Waals surface area contributed by atoms with E-state index in [2.05, 4.69) is 5.32 Å². The minimum atomic E-state index is -0.872. The summed E-state index contributed by atoms with van der Waals surface area (Å²) in [7, 11) is 0. The number of carboxylic acid groups (broad SMARTS) is 1. The minimum absolute atomic E-state index is 0.0178. The molecule has 0 spiro atoms. The number of hydrogen-bond acceptors (Lipinski definition) is 3. The van der Waals surface area contributed by atoms with Gasteiger partial charge in [0.1, 0.15) is 0 Å². The van der Waals surface area contributed by atoms with Gasteiger partial charge in [-0.25, -0.2) is 0 Å². The lowest BCUT2D eigenvalue weighted by atomic mass is 9.82. The molecule has 0 radical (unpaired) electrons. The number of carbonyl (C=O) groups is 3. The molecule has 1 rings (SSSR count). The number of carboxylic acids is 1. The highest BCUT2D eigenvalue weighted by atomic mass is 16.4. The molecule has 0 aliphatic carbocycles. The predicted octanol–water partition coefficient (Wildman–Crippen LogP) is 2.66. The van der Waals surface area contributed by atoms with Crippen LogP contribution in [-0.2, 0) is 9.59 Å². The van der Waals surface area contributed by atoms with Gasteiger partial charge in [-0.2, -0.15) is 0 Å². The maximum atomic E-state index is 12.2. The lowest BCUT2D eigenvalue weighted by molar-refractivity contribution is -0.137. The molecule has 120 valence electrons. The first-order chi connectivity index (χ1) is 10.3. The van der Waals surface area contributed by atoms with E-state index in [0.29, 0.717) is 24.9 Å². The number of rotatable bonds is 9. The average Bonchev–Trinajstić information content (AvgIpc) is 2.43. The van der Waals surface area contributed by atoms with Crippen molar-refractivity contribution < 1.29 is 19.5 Å². The summed E-state index contributed by atoms with van der Waals surface area (Å²) < 4.78 is 0. The van der Waals surface area contributed by atoms with E-state index in [-0.39, 0.29) is 24.5 Å². The van der Waals surface area contributed by atoms with Gasteiger partial charge in [0.25, 0.3) is 0 Å². The maximum absolute atomic E-state index is 12.2. The smallest absolute Gasteiger partial charge is 0.303 e. The van der Waals surface area contributed by atoms with E-state index in [0.717, 1.165) is 0 Å². The number of hydrogen-bond donors (Lipinski definition) is 2. The fraction of sp³-hybridized carbons (Fsp3) is 0.471. The van der Waals surface area contributed by atoms with Gasteiger partial charge in [-0.05, 0) is 11.8 Å². The molecule has 2 N–H and O–H groups in total. The molecule has 0 aromatic heterocycles. The number of carbonyl (C=O) groups excluding carboxylic acids is 2. The van der Waals surface area contributed by atoms with Gasteiger partial charge in [-0.3, -0.25) is 14.4 Å². The molecule has 1 amide bonds. The van der Waals surface area contributed by atoms with Crippen LogP contribution in [-0.4, -0.2) is 29.3 Å². The van der Waals surface area contributed by atoms with E-state index in [9.17, 15) is 14.4 Å². The first kappa shape index (κ1) is 17.9. The zero-order valence-electron chi connectivity index (χ0n) is 13.1. The van der Waals surface area contributed by atoms with Crippen LogP contribution in [0.5, 0.6) is 0 Å². The fourth-order valence-electron chi connectivity index (χ4n) is 2.19. The quantitative estimate of drug-likeness (QED) is 0.542. The van der Waals surface area contributed by atoms with Gasteiger partial charge in [-0.15, -0.1) is 0 Å². The van der Waals surface area contributed by atoms with E-state index < -0.39 is 11.4 Å². The van der Waals surface area contributed by atoms with Crippen LogP contribution in [0.2, 0.25) is 0 Å². The molecule has 1 aromatic carbocycles. The average molecular weight is 305 g/mol. The summed E-state index contributed by atoms with van der Waals surface area (Å²) in [6.07, 6.45) is 0.971. The highest BCUT2D eigenvalue weighted by molar-refractivity contribution is 5.96. The molecule has 0 aliphatic heterocycles. The Morgan fingerprint density at radius 1 is 1.09 bits per heavy atom. The van der Waals surface area contributed by atoms with Gasteiger partial charge in [0.2, 0.25) is 5.91 Å². The van der Waals surface area contributed by atoms with Crippen molar-refractivity contribution in [3.05, 3.63) is 35.9 Å². The lowest BCUT2D eigenvalue weighted by Crippen LogP contribution is -2.31. The summed E-state index contributed by atoms with van der Waals surface area (Å²) in [5.41, 5.74) is 0.210. The van der Waals surface area contributed by atoms with Gasteiger partial charge in [-0.1, -0.05) is 44.2 Å². The fourth-order valence-corrected chi connectivity index (χ4v) is 2.19. The molecule has 22 heavy (non-hydrogen) atoms. The van der Waals surface area contributed by atoms with Gasteiger partial charge in [0, 0.05) is 31.4 Å². The van der Waals surface area contributed by atoms with Crippen molar-refractivity contribution in [2.24, 2.45) is 5.41 Å². The van der Waals surface area contributed by atoms with Crippen LogP contribution in [0, 0.1) is 5.41 Å². The van der Waals surface area contributed by atoms with Gasteiger partial charge < -0.3 is 10.4 Å². The Bertz CT molecular complexity index is 523. The molecule has 5 heteroatoms. The van der Waals surface area contributed by atoms with Crippen molar-refractivity contribution in [1.29, 1.82) is 0 Å². The summed E-state index contributed by atoms with van der Waals surface area (Å²) in [6.45, 7) is 4.10. The van der Waals surface area contributed by atoms with E-state index in [1.807, 2.05) is 32.0 Å². The minimum Gasteiger partial charge on any atom is -0.481 e. The molecule has 0 saturated heterocycles. The SMILES string of the molecule is CC(C)(CC(=O)NCCCC(=O)O)CC(=O)c1ccccc1. The Labute approximate surface area is 130 Å². The van der Waals surface area contributed by atoms with Crippen molar-refractivity contribution >= 4 is 17.7 Å². The summed E-state index contributed by atoms with van der Waals surface area (Å²) in [4.78, 5) is 34.4. The van der Waals surface area contributed by atoms with Crippen molar-refractivity contribution in [3.63, 3.8) is 0 Å². The number of benzene rings is 1. The number of Topliss-reactive ketones (excluding diaryl/α,β-unsaturated/α-hetero) is 1. The first-order valence-electron chi connectivity index (χ1n) is 7.37. The van der Waals surface area contributed by atoms with Gasteiger partial charge >= 0.3 is 5.97 Å². The second kappa shape index (κ2) is 8.32. The second-order valence-corrected chi connectivity index (χ2v) is 6.15. The van der Waals surface area contributed by atoms with Crippen molar-refractivity contribution in [3.8, 4) is 0 Å². The Morgan fingerprint density at radius 3 is 2.32 bits per heavy atom. The number of aliphatic carboxylic acids is 1. The molecule has 5 nitrogen and oxygen atoms in total. The Kier molecular flexibility index (Phi) is 6.76. The normalized spacial score (nSPS) is 11.0. The first-order valence-corrected chi connectivity index (χ1v) is 7.37. The van der Waals surface area contributed by atoms with E-state index in [4.69, 9.17) is 5.11 Å². The molecule has 0 unspecified atom stereocenters. The summed E-state index contributed by atoms with van der Waals surface area (Å²) >= 11 is 0. The highest BCUT2D eigenvalue weighted by Crippen LogP contribution is 2.27. The van der Waals surface area contributed by atoms with Crippen LogP contribution in [0.25, 0.3) is 0 Å². The standard InChI is InChI=1S/C17H23NO4/c1-17(2,11-14(19)13-7-4-3-5-8-13)12-15(20)18-10-6-9-16(21)22/h3-5,7-8H,6,9-12H2,1-2H3,(H,18,20)(H,21,22). The van der Waals surface area contributed by atoms with Gasteiger partial charge in [0.15, 0.2) is 5.78 Å². The van der Waals surface area contributed by atoms with E-state index in [1.165, 1.54) is 0 Å². The Morgan fingerprint density at radius 2 is 1.73 bits per heavy atom. The molecule has 0 bridgehead atoms. The molecule has 1 aromatic rings. The van der Waals surface area contributed by atoms with Crippen LogP contribution >= 0.6 is 0 Å². The third kappa shape index (κ3) is 7.02. The van der Waals surface area contributed by atoms with Crippen LogP contribution in [0.3, 0.4) is 0 Å². The van der Waals surface area contributed by atoms with E-state index in [1.54, 1.807) is 12.1 Å². The second-order valence-electron chi connectivity index (χ2n) is 6.15. The summed E-state index contributed by atoms with van der Waals surface area (Å²) in [5.74, 6) is -1.01. The highest BCUT2D eigenvalue weighted by Gasteiger charge is 2.25. The van der Waals surface area contributed by atoms with Crippen LogP contribution in [0.4, 0.5) is 0 Å². The molecule has 0 saturated carbocycles. The lowest BCUT2D eigenvalue weighted by Gasteiger charge is -2.23. The third-order valence-electron chi connectivity index (χ3n) is 3.26. The monoisotopic (exact) mass is 305 g/mol. The molecule has 0 fully saturated rings. The summed E-state index contributed by atoms with van der Waals surface area (Å²) in [6, 6.07) is 9.02. The number of nitrogens with one attached hydrogen (secondary N) is 1. The predicted molar refractivity (Wildman–Crippen MR) is 83.7 cm³/mol. The van der Waals surface area contributed by atoms with Crippen LogP contribution in [0.1, 0.15) is 49.9 Å². The van der Waals surface area contributed by atoms with Crippen molar-refractivity contribution in [1.82, 2.24) is 5.32 Å². The Balaban J connectivity index is 2.41. The molecular formula is C17H23NO4. The zero-order valence-corrected chi connectivity index (χ0v) is 13.1. The molecular weight excluding hydrogens is 282 g/mol. The Hall–Kier alpha value is -2.17. The molecule has 0 heterocycles.